The van der Waals surface area contributed by atoms with Gasteiger partial charge in [-0.2, -0.15) is 5.10 Å². The molecule has 0 spiro atoms. The van der Waals surface area contributed by atoms with Crippen LogP contribution in [-0.2, 0) is 6.42 Å². The van der Waals surface area contributed by atoms with E-state index in [0.29, 0.717) is 0 Å². The average Bonchev–Trinajstić information content (AvgIpc) is 2.05. The highest BCUT2D eigenvalue weighted by molar-refractivity contribution is 5.31. The summed E-state index contributed by atoms with van der Waals surface area (Å²) in [6.45, 7) is 2.06. The molecule has 1 heterocycles. The van der Waals surface area contributed by atoms with Crippen LogP contribution in [0.25, 0.3) is 0 Å². The van der Waals surface area contributed by atoms with Crippen molar-refractivity contribution < 1.29 is 0 Å². The molecule has 0 aliphatic carbocycles. The molecule has 1 aromatic heterocycles. The lowest BCUT2D eigenvalue weighted by Crippen LogP contribution is -1.96. The molecule has 0 unspecified atom stereocenters. The number of hydrogen-bond donors (Lipinski definition) is 1. The van der Waals surface area contributed by atoms with E-state index >= 15 is 0 Å². The van der Waals surface area contributed by atoms with Gasteiger partial charge in [0.05, 0.1) is 5.69 Å². The summed E-state index contributed by atoms with van der Waals surface area (Å²) in [6.07, 6.45) is 0.941. The Hall–Kier alpha value is -1.12. The Labute approximate surface area is 60.5 Å². The highest BCUT2D eigenvalue weighted by Gasteiger charge is 1.90. The van der Waals surface area contributed by atoms with Crippen molar-refractivity contribution in [1.29, 1.82) is 0 Å². The molecule has 1 aromatic rings. The Balaban J connectivity index is 2.80. The number of hydrogen-bond acceptors (Lipinski definition) is 3. The van der Waals surface area contributed by atoms with E-state index in [1.807, 2.05) is 19.2 Å². The van der Waals surface area contributed by atoms with Gasteiger partial charge in [0, 0.05) is 7.05 Å². The van der Waals surface area contributed by atoms with Crippen LogP contribution >= 0.6 is 0 Å². The summed E-state index contributed by atoms with van der Waals surface area (Å²) in [4.78, 5) is 0. The van der Waals surface area contributed by atoms with E-state index in [2.05, 4.69) is 22.4 Å². The van der Waals surface area contributed by atoms with Gasteiger partial charge < -0.3 is 5.32 Å². The van der Waals surface area contributed by atoms with E-state index in [9.17, 15) is 0 Å². The smallest absolute Gasteiger partial charge is 0.148 e. The predicted octanol–water partition coefficient (Wildman–Crippen LogP) is 1.08. The van der Waals surface area contributed by atoms with E-state index in [0.717, 1.165) is 17.9 Å². The van der Waals surface area contributed by atoms with Gasteiger partial charge in [-0.15, -0.1) is 5.10 Å². The second kappa shape index (κ2) is 3.15. The lowest BCUT2D eigenvalue weighted by atomic mass is 10.3. The van der Waals surface area contributed by atoms with Crippen molar-refractivity contribution >= 4 is 5.82 Å². The van der Waals surface area contributed by atoms with Crippen LogP contribution in [-0.4, -0.2) is 17.2 Å². The standard InChI is InChI=1S/C7H11N3/c1-3-6-4-5-7(8-2)10-9-6/h4-5H,3H2,1-2H3,(H,8,10). The second-order valence-corrected chi connectivity index (χ2v) is 2.01. The number of rotatable bonds is 2. The Bertz CT molecular complexity index is 170. The molecule has 0 radical (unpaired) electrons. The molecule has 54 valence electrons. The van der Waals surface area contributed by atoms with Crippen LogP contribution in [0.2, 0.25) is 0 Å². The van der Waals surface area contributed by atoms with E-state index in [1.165, 1.54) is 0 Å². The van der Waals surface area contributed by atoms with Gasteiger partial charge in [0.2, 0.25) is 0 Å². The number of anilines is 1. The molecule has 1 rings (SSSR count). The molecular formula is C7H11N3. The van der Waals surface area contributed by atoms with Crippen LogP contribution in [0.4, 0.5) is 5.82 Å². The average molecular weight is 137 g/mol. The van der Waals surface area contributed by atoms with Gasteiger partial charge in [0.15, 0.2) is 0 Å². The normalized spacial score (nSPS) is 9.40. The summed E-state index contributed by atoms with van der Waals surface area (Å²) in [6, 6.07) is 3.89. The summed E-state index contributed by atoms with van der Waals surface area (Å²) in [5.74, 6) is 0.817. The van der Waals surface area contributed by atoms with Gasteiger partial charge in [-0.05, 0) is 18.6 Å². The first-order chi connectivity index (χ1) is 4.86. The van der Waals surface area contributed by atoms with E-state index in [4.69, 9.17) is 0 Å². The van der Waals surface area contributed by atoms with Gasteiger partial charge in [0.25, 0.3) is 0 Å². The summed E-state index contributed by atoms with van der Waals surface area (Å²) in [5.41, 5.74) is 1.03. The molecule has 3 heteroatoms. The van der Waals surface area contributed by atoms with Crippen LogP contribution in [0.1, 0.15) is 12.6 Å². The van der Waals surface area contributed by atoms with Crippen molar-refractivity contribution in [3.8, 4) is 0 Å². The molecule has 3 nitrogen and oxygen atoms in total. The van der Waals surface area contributed by atoms with E-state index in [-0.39, 0.29) is 0 Å². The molecule has 0 aromatic carbocycles. The first-order valence-electron chi connectivity index (χ1n) is 3.37. The van der Waals surface area contributed by atoms with E-state index in [1.54, 1.807) is 0 Å². The summed E-state index contributed by atoms with van der Waals surface area (Å²) in [7, 11) is 1.83. The Kier molecular flexibility index (Phi) is 2.20. The highest BCUT2D eigenvalue weighted by atomic mass is 15.2. The van der Waals surface area contributed by atoms with Gasteiger partial charge in [-0.25, -0.2) is 0 Å². The van der Waals surface area contributed by atoms with Crippen molar-refractivity contribution in [2.24, 2.45) is 0 Å². The minimum absolute atomic E-state index is 0.817. The van der Waals surface area contributed by atoms with Crippen molar-refractivity contribution in [3.63, 3.8) is 0 Å². The fourth-order valence-electron chi connectivity index (χ4n) is 0.682. The third kappa shape index (κ3) is 1.43. The fraction of sp³-hybridized carbons (Fsp3) is 0.429. The van der Waals surface area contributed by atoms with Crippen molar-refractivity contribution in [3.05, 3.63) is 17.8 Å². The molecule has 0 aliphatic heterocycles. The minimum atomic E-state index is 0.817. The minimum Gasteiger partial charge on any atom is -0.372 e. The van der Waals surface area contributed by atoms with Gasteiger partial charge in [0.1, 0.15) is 5.82 Å². The maximum absolute atomic E-state index is 3.96. The Morgan fingerprint density at radius 2 is 2.20 bits per heavy atom. The molecular weight excluding hydrogens is 126 g/mol. The number of nitrogens with one attached hydrogen (secondary N) is 1. The second-order valence-electron chi connectivity index (χ2n) is 2.01. The van der Waals surface area contributed by atoms with Crippen LogP contribution in [0.15, 0.2) is 12.1 Å². The number of aromatic nitrogens is 2. The molecule has 0 amide bonds. The maximum atomic E-state index is 3.96. The SMILES string of the molecule is CCc1ccc(NC)nn1. The van der Waals surface area contributed by atoms with Crippen LogP contribution in [0.3, 0.4) is 0 Å². The zero-order chi connectivity index (χ0) is 7.40. The lowest BCUT2D eigenvalue weighted by molar-refractivity contribution is 0.921. The van der Waals surface area contributed by atoms with Crippen LogP contribution in [0.5, 0.6) is 0 Å². The summed E-state index contributed by atoms with van der Waals surface area (Å²) < 4.78 is 0. The molecule has 0 saturated heterocycles. The topological polar surface area (TPSA) is 37.8 Å². The zero-order valence-corrected chi connectivity index (χ0v) is 6.26. The lowest BCUT2D eigenvalue weighted by Gasteiger charge is -1.96. The van der Waals surface area contributed by atoms with Crippen molar-refractivity contribution in [2.45, 2.75) is 13.3 Å². The maximum Gasteiger partial charge on any atom is 0.148 e. The molecule has 0 atom stereocenters. The molecule has 0 bridgehead atoms. The van der Waals surface area contributed by atoms with Crippen LogP contribution in [0, 0.1) is 0 Å². The highest BCUT2D eigenvalue weighted by Crippen LogP contribution is 1.99. The van der Waals surface area contributed by atoms with Gasteiger partial charge >= 0.3 is 0 Å². The molecule has 0 fully saturated rings. The molecule has 0 saturated carbocycles. The molecule has 0 aliphatic rings. The largest absolute Gasteiger partial charge is 0.372 e. The van der Waals surface area contributed by atoms with Crippen molar-refractivity contribution in [2.75, 3.05) is 12.4 Å². The number of aryl methyl sites for hydroxylation is 1. The third-order valence-corrected chi connectivity index (χ3v) is 1.34. The quantitative estimate of drug-likeness (QED) is 0.662. The monoisotopic (exact) mass is 137 g/mol. The summed E-state index contributed by atoms with van der Waals surface area (Å²) in [5, 5.41) is 10.8. The summed E-state index contributed by atoms with van der Waals surface area (Å²) >= 11 is 0. The third-order valence-electron chi connectivity index (χ3n) is 1.34. The molecule has 10 heavy (non-hydrogen) atoms. The molecule has 1 N–H and O–H groups in total. The van der Waals surface area contributed by atoms with Gasteiger partial charge in [-0.1, -0.05) is 6.92 Å². The first kappa shape index (κ1) is 6.99. The predicted molar refractivity (Wildman–Crippen MR) is 41.0 cm³/mol. The first-order valence-corrected chi connectivity index (χ1v) is 3.37. The Morgan fingerprint density at radius 1 is 1.40 bits per heavy atom. The number of nitrogens with zero attached hydrogens (tertiary/aromatic N) is 2. The Morgan fingerprint density at radius 3 is 2.60 bits per heavy atom. The fourth-order valence-corrected chi connectivity index (χ4v) is 0.682. The van der Waals surface area contributed by atoms with Crippen molar-refractivity contribution in [1.82, 2.24) is 10.2 Å². The van der Waals surface area contributed by atoms with Crippen LogP contribution < -0.4 is 5.32 Å². The van der Waals surface area contributed by atoms with Gasteiger partial charge in [-0.3, -0.25) is 0 Å². The van der Waals surface area contributed by atoms with E-state index < -0.39 is 0 Å². The zero-order valence-electron chi connectivity index (χ0n) is 6.26.